The Hall–Kier alpha value is -3.46. The number of primary amides is 1. The van der Waals surface area contributed by atoms with Gasteiger partial charge in [0.05, 0.1) is 19.1 Å². The molecule has 15 heteroatoms. The molecule has 0 aromatic carbocycles. The molecule has 4 amide bonds. The number of carbonyl (C=O) groups is 5. The van der Waals surface area contributed by atoms with E-state index in [4.69, 9.17) is 22.3 Å². The Bertz CT molecular complexity index is 750. The molecule has 1 rings (SSSR count). The van der Waals surface area contributed by atoms with Crippen molar-refractivity contribution >= 4 is 35.6 Å². The minimum absolute atomic E-state index is 0.125. The maximum absolute atomic E-state index is 12.8. The minimum atomic E-state index is -1.63. The summed E-state index contributed by atoms with van der Waals surface area (Å²) in [5.41, 5.74) is 15.5. The number of aliphatic imine (C=N–C) groups is 1. The third-order valence-corrected chi connectivity index (χ3v) is 4.79. The number of hydrogen-bond donors (Lipinski definition) is 9. The highest BCUT2D eigenvalue weighted by Gasteiger charge is 2.31. The van der Waals surface area contributed by atoms with Crippen LogP contribution in [0.5, 0.6) is 0 Å². The van der Waals surface area contributed by atoms with Crippen molar-refractivity contribution in [2.75, 3.05) is 19.7 Å². The molecule has 0 radical (unpaired) electrons. The molecule has 33 heavy (non-hydrogen) atoms. The van der Waals surface area contributed by atoms with Gasteiger partial charge in [0.2, 0.25) is 23.6 Å². The quantitative estimate of drug-likeness (QED) is 0.0661. The fourth-order valence-electron chi connectivity index (χ4n) is 3.09. The topological polar surface area (TPSA) is 264 Å². The van der Waals surface area contributed by atoms with Gasteiger partial charge in [-0.1, -0.05) is 0 Å². The predicted molar refractivity (Wildman–Crippen MR) is 115 cm³/mol. The lowest BCUT2D eigenvalue weighted by Crippen LogP contribution is -2.58. The van der Waals surface area contributed by atoms with Crippen molar-refractivity contribution in [1.82, 2.24) is 21.3 Å². The fourth-order valence-corrected chi connectivity index (χ4v) is 3.09. The number of aliphatic hydroxyl groups is 1. The van der Waals surface area contributed by atoms with Gasteiger partial charge in [0.25, 0.3) is 0 Å². The highest BCUT2D eigenvalue weighted by atomic mass is 16.4. The van der Waals surface area contributed by atoms with Gasteiger partial charge in [-0.15, -0.1) is 0 Å². The number of guanidine groups is 1. The van der Waals surface area contributed by atoms with Crippen molar-refractivity contribution < 1.29 is 34.2 Å². The molecule has 1 heterocycles. The number of nitrogens with two attached hydrogens (primary N) is 3. The molecule has 12 N–H and O–H groups in total. The van der Waals surface area contributed by atoms with E-state index in [0.29, 0.717) is 19.4 Å². The highest BCUT2D eigenvalue weighted by Crippen LogP contribution is 2.07. The molecular formula is C18H32N8O7. The Morgan fingerprint density at radius 3 is 2.15 bits per heavy atom. The number of nitrogens with zero attached hydrogens (tertiary/aromatic N) is 1. The molecule has 0 aromatic rings. The molecular weight excluding hydrogens is 440 g/mol. The van der Waals surface area contributed by atoms with E-state index in [1.165, 1.54) is 0 Å². The molecule has 186 valence electrons. The van der Waals surface area contributed by atoms with Crippen LogP contribution in [-0.4, -0.2) is 89.6 Å². The van der Waals surface area contributed by atoms with Crippen LogP contribution in [0.25, 0.3) is 0 Å². The first-order valence-corrected chi connectivity index (χ1v) is 10.4. The molecule has 0 bridgehead atoms. The Labute approximate surface area is 189 Å². The minimum Gasteiger partial charge on any atom is -0.480 e. The molecule has 0 aromatic heterocycles. The first-order valence-electron chi connectivity index (χ1n) is 10.4. The molecule has 0 spiro atoms. The molecule has 4 unspecified atom stereocenters. The molecule has 0 saturated carbocycles. The SMILES string of the molecule is NC(=O)CC(NC(=O)C(CO)NC(=O)C(CCCN=C(N)N)NC(=O)C1CCCN1)C(=O)O. The van der Waals surface area contributed by atoms with Gasteiger partial charge in [-0.3, -0.25) is 24.2 Å². The number of aliphatic hydroxyl groups excluding tert-OH is 1. The molecule has 1 aliphatic heterocycles. The van der Waals surface area contributed by atoms with Gasteiger partial charge in [-0.2, -0.15) is 0 Å². The van der Waals surface area contributed by atoms with E-state index in [9.17, 15) is 29.1 Å². The maximum Gasteiger partial charge on any atom is 0.326 e. The van der Waals surface area contributed by atoms with Crippen LogP contribution in [0, 0.1) is 0 Å². The van der Waals surface area contributed by atoms with E-state index in [-0.39, 0.29) is 18.9 Å². The summed E-state index contributed by atoms with van der Waals surface area (Å²) in [7, 11) is 0. The zero-order chi connectivity index (χ0) is 25.0. The summed E-state index contributed by atoms with van der Waals surface area (Å²) >= 11 is 0. The van der Waals surface area contributed by atoms with Crippen molar-refractivity contribution in [3.8, 4) is 0 Å². The average molecular weight is 473 g/mol. The van der Waals surface area contributed by atoms with Crippen LogP contribution in [0.2, 0.25) is 0 Å². The number of aliphatic carboxylic acids is 1. The van der Waals surface area contributed by atoms with Crippen molar-refractivity contribution in [2.45, 2.75) is 56.3 Å². The zero-order valence-electron chi connectivity index (χ0n) is 18.1. The second-order valence-electron chi connectivity index (χ2n) is 7.47. The third kappa shape index (κ3) is 10.1. The smallest absolute Gasteiger partial charge is 0.326 e. The molecule has 0 aliphatic carbocycles. The lowest BCUT2D eigenvalue weighted by Gasteiger charge is -2.24. The van der Waals surface area contributed by atoms with E-state index in [1.807, 2.05) is 5.32 Å². The van der Waals surface area contributed by atoms with Gasteiger partial charge in [0, 0.05) is 6.54 Å². The third-order valence-electron chi connectivity index (χ3n) is 4.79. The van der Waals surface area contributed by atoms with Crippen LogP contribution in [0.15, 0.2) is 4.99 Å². The normalized spacial score (nSPS) is 17.8. The standard InChI is InChI=1S/C18H32N8O7/c19-13(28)7-11(17(32)33)25-16(31)12(8-27)26-15(30)10(4-2-6-23-18(20)21)24-14(29)9-3-1-5-22-9/h9-12,22,27H,1-8H2,(H2,19,28)(H,24,29)(H,25,31)(H,26,30)(H,32,33)(H4,20,21,23). The maximum atomic E-state index is 12.8. The van der Waals surface area contributed by atoms with Crippen molar-refractivity contribution in [2.24, 2.45) is 22.2 Å². The van der Waals surface area contributed by atoms with Gasteiger partial charge < -0.3 is 48.7 Å². The second kappa shape index (κ2) is 13.8. The fraction of sp³-hybridized carbons (Fsp3) is 0.667. The van der Waals surface area contributed by atoms with Gasteiger partial charge in [-0.05, 0) is 32.2 Å². The predicted octanol–water partition coefficient (Wildman–Crippen LogP) is -4.80. The van der Waals surface area contributed by atoms with Crippen molar-refractivity contribution in [1.29, 1.82) is 0 Å². The monoisotopic (exact) mass is 472 g/mol. The van der Waals surface area contributed by atoms with Gasteiger partial charge >= 0.3 is 5.97 Å². The van der Waals surface area contributed by atoms with Crippen LogP contribution in [0.1, 0.15) is 32.1 Å². The largest absolute Gasteiger partial charge is 0.480 e. The van der Waals surface area contributed by atoms with E-state index in [1.54, 1.807) is 0 Å². The number of carbonyl (C=O) groups excluding carboxylic acids is 4. The molecule has 1 saturated heterocycles. The van der Waals surface area contributed by atoms with E-state index in [0.717, 1.165) is 6.42 Å². The highest BCUT2D eigenvalue weighted by molar-refractivity contribution is 5.95. The number of rotatable bonds is 14. The summed E-state index contributed by atoms with van der Waals surface area (Å²) in [4.78, 5) is 63.6. The van der Waals surface area contributed by atoms with Crippen molar-refractivity contribution in [3.05, 3.63) is 0 Å². The lowest BCUT2D eigenvalue weighted by molar-refractivity contribution is -0.144. The number of carboxylic acid groups (broad SMARTS) is 1. The Morgan fingerprint density at radius 2 is 1.64 bits per heavy atom. The molecule has 4 atom stereocenters. The Morgan fingerprint density at radius 1 is 1.00 bits per heavy atom. The van der Waals surface area contributed by atoms with E-state index < -0.39 is 66.8 Å². The number of nitrogens with one attached hydrogen (secondary N) is 4. The number of amides is 4. The van der Waals surface area contributed by atoms with Crippen LogP contribution in [0.4, 0.5) is 0 Å². The van der Waals surface area contributed by atoms with E-state index in [2.05, 4.69) is 20.9 Å². The average Bonchev–Trinajstić information content (AvgIpc) is 3.27. The van der Waals surface area contributed by atoms with Crippen molar-refractivity contribution in [3.63, 3.8) is 0 Å². The summed E-state index contributed by atoms with van der Waals surface area (Å²) in [5, 5.41) is 28.6. The van der Waals surface area contributed by atoms with Gasteiger partial charge in [0.15, 0.2) is 5.96 Å². The summed E-state index contributed by atoms with van der Waals surface area (Å²) < 4.78 is 0. The Kier molecular flexibility index (Phi) is 11.6. The van der Waals surface area contributed by atoms with Crippen LogP contribution in [-0.2, 0) is 24.0 Å². The van der Waals surface area contributed by atoms with Gasteiger partial charge in [-0.25, -0.2) is 4.79 Å². The Balaban J connectivity index is 2.83. The second-order valence-corrected chi connectivity index (χ2v) is 7.47. The zero-order valence-corrected chi connectivity index (χ0v) is 18.1. The summed E-state index contributed by atoms with van der Waals surface area (Å²) in [6.45, 7) is 0.00254. The first-order chi connectivity index (χ1) is 15.5. The summed E-state index contributed by atoms with van der Waals surface area (Å²) in [5.74, 6) is -4.82. The van der Waals surface area contributed by atoms with Crippen LogP contribution >= 0.6 is 0 Å². The first kappa shape index (κ1) is 27.6. The number of carboxylic acids is 1. The molecule has 1 aliphatic rings. The lowest BCUT2D eigenvalue weighted by atomic mass is 10.1. The number of hydrogen-bond acceptors (Lipinski definition) is 8. The molecule has 1 fully saturated rings. The van der Waals surface area contributed by atoms with E-state index >= 15 is 0 Å². The van der Waals surface area contributed by atoms with Gasteiger partial charge in [0.1, 0.15) is 18.1 Å². The molecule has 15 nitrogen and oxygen atoms in total. The summed E-state index contributed by atoms with van der Waals surface area (Å²) in [6, 6.07) is -4.70. The summed E-state index contributed by atoms with van der Waals surface area (Å²) in [6.07, 6.45) is 1.18. The van der Waals surface area contributed by atoms with Crippen LogP contribution in [0.3, 0.4) is 0 Å². The van der Waals surface area contributed by atoms with Crippen LogP contribution < -0.4 is 38.5 Å².